The third kappa shape index (κ3) is 10.7. The molecule has 1 heterocycles. The number of amides is 1. The zero-order valence-electron chi connectivity index (χ0n) is 20.4. The van der Waals surface area contributed by atoms with Crippen LogP contribution in [0.15, 0.2) is 22.7 Å². The van der Waals surface area contributed by atoms with Crippen LogP contribution in [0.2, 0.25) is 0 Å². The van der Waals surface area contributed by atoms with Crippen LogP contribution in [-0.2, 0) is 11.2 Å². The number of unbranched alkanes of at least 4 members (excludes halogenated alkanes) is 6. The van der Waals surface area contributed by atoms with Crippen molar-refractivity contribution in [3.8, 4) is 17.1 Å². The molecule has 0 aliphatic carbocycles. The Hall–Kier alpha value is -2.64. The highest BCUT2D eigenvalue weighted by atomic mass is 19.1. The van der Waals surface area contributed by atoms with E-state index in [0.29, 0.717) is 43.3 Å². The third-order valence-electron chi connectivity index (χ3n) is 4.90. The molecular formula is C25H38FN3O4. The first-order chi connectivity index (χ1) is 15.8. The second kappa shape index (κ2) is 13.8. The minimum absolute atomic E-state index is 0.238. The Morgan fingerprint density at radius 1 is 1.09 bits per heavy atom. The molecule has 0 radical (unpaired) electrons. The number of alkyl carbamates (subject to hydrolysis) is 1. The van der Waals surface area contributed by atoms with Gasteiger partial charge in [-0.05, 0) is 51.8 Å². The van der Waals surface area contributed by atoms with Crippen molar-refractivity contribution in [3.63, 3.8) is 0 Å². The summed E-state index contributed by atoms with van der Waals surface area (Å²) in [5, 5.41) is 6.61. The van der Waals surface area contributed by atoms with Gasteiger partial charge in [-0.2, -0.15) is 4.98 Å². The number of nitrogens with one attached hydrogen (secondary N) is 1. The van der Waals surface area contributed by atoms with Crippen LogP contribution in [-0.4, -0.2) is 35.0 Å². The van der Waals surface area contributed by atoms with E-state index in [9.17, 15) is 9.18 Å². The van der Waals surface area contributed by atoms with E-state index in [1.54, 1.807) is 12.1 Å². The molecule has 0 saturated carbocycles. The van der Waals surface area contributed by atoms with Gasteiger partial charge >= 0.3 is 6.09 Å². The average molecular weight is 464 g/mol. The van der Waals surface area contributed by atoms with E-state index in [0.717, 1.165) is 12.8 Å². The minimum atomic E-state index is -0.533. The zero-order chi connectivity index (χ0) is 24.1. The first-order valence-corrected chi connectivity index (χ1v) is 12.0. The molecule has 1 aromatic heterocycles. The summed E-state index contributed by atoms with van der Waals surface area (Å²) in [4.78, 5) is 16.0. The number of ether oxygens (including phenoxy) is 2. The lowest BCUT2D eigenvalue weighted by Gasteiger charge is -2.19. The molecule has 0 fully saturated rings. The van der Waals surface area contributed by atoms with Crippen molar-refractivity contribution in [2.24, 2.45) is 0 Å². The Labute approximate surface area is 196 Å². The molecule has 1 amide bonds. The Kier molecular flexibility index (Phi) is 11.1. The van der Waals surface area contributed by atoms with Gasteiger partial charge in [0.1, 0.15) is 5.60 Å². The van der Waals surface area contributed by atoms with Gasteiger partial charge in [0.15, 0.2) is 11.6 Å². The molecule has 8 heteroatoms. The number of carbonyl (C=O) groups is 1. The molecule has 2 rings (SSSR count). The molecular weight excluding hydrogens is 425 g/mol. The normalized spacial score (nSPS) is 11.4. The largest absolute Gasteiger partial charge is 0.491 e. The Balaban J connectivity index is 1.72. The van der Waals surface area contributed by atoms with Crippen LogP contribution in [0.4, 0.5) is 9.18 Å². The van der Waals surface area contributed by atoms with E-state index >= 15 is 0 Å². The first kappa shape index (κ1) is 26.6. The van der Waals surface area contributed by atoms with E-state index < -0.39 is 17.5 Å². The van der Waals surface area contributed by atoms with E-state index in [-0.39, 0.29) is 5.75 Å². The van der Waals surface area contributed by atoms with Gasteiger partial charge in [-0.1, -0.05) is 50.6 Å². The first-order valence-electron chi connectivity index (χ1n) is 12.0. The lowest BCUT2D eigenvalue weighted by Crippen LogP contribution is -2.33. The Morgan fingerprint density at radius 3 is 2.52 bits per heavy atom. The molecule has 0 aliphatic rings. The Bertz CT molecular complexity index is 848. The van der Waals surface area contributed by atoms with Crippen LogP contribution < -0.4 is 10.1 Å². The highest BCUT2D eigenvalue weighted by Gasteiger charge is 2.16. The van der Waals surface area contributed by atoms with Crippen LogP contribution in [0, 0.1) is 5.82 Å². The molecule has 0 saturated heterocycles. The zero-order valence-corrected chi connectivity index (χ0v) is 20.4. The van der Waals surface area contributed by atoms with E-state index in [2.05, 4.69) is 22.4 Å². The fourth-order valence-corrected chi connectivity index (χ4v) is 3.22. The maximum absolute atomic E-state index is 14.4. The summed E-state index contributed by atoms with van der Waals surface area (Å²) in [6.07, 6.45) is 8.94. The van der Waals surface area contributed by atoms with Crippen molar-refractivity contribution in [1.29, 1.82) is 0 Å². The SMILES string of the molecule is CCCCCCCCCOc1ccc(-c2noc(CCCNC(=O)OC(C)(C)C)n2)cc1F. The van der Waals surface area contributed by atoms with Crippen molar-refractivity contribution in [2.45, 2.75) is 91.1 Å². The van der Waals surface area contributed by atoms with Crippen LogP contribution in [0.1, 0.15) is 85.0 Å². The summed E-state index contributed by atoms with van der Waals surface area (Å²) in [7, 11) is 0. The molecule has 0 atom stereocenters. The Morgan fingerprint density at radius 2 is 1.82 bits per heavy atom. The lowest BCUT2D eigenvalue weighted by atomic mass is 10.1. The second-order valence-electron chi connectivity index (χ2n) is 9.16. The fraction of sp³-hybridized carbons (Fsp3) is 0.640. The second-order valence-corrected chi connectivity index (χ2v) is 9.16. The predicted molar refractivity (Wildman–Crippen MR) is 126 cm³/mol. The number of carbonyl (C=O) groups excluding carboxylic acids is 1. The standard InChI is InChI=1S/C25H38FN3O4/c1-5-6-7-8-9-10-11-17-31-21-15-14-19(18-20(21)26)23-28-22(33-29-23)13-12-16-27-24(30)32-25(2,3)4/h14-15,18H,5-13,16-17H2,1-4H3,(H,27,30). The van der Waals surface area contributed by atoms with Gasteiger partial charge in [-0.3, -0.25) is 0 Å². The molecule has 0 unspecified atom stereocenters. The van der Waals surface area contributed by atoms with Crippen molar-refractivity contribution in [2.75, 3.05) is 13.2 Å². The van der Waals surface area contributed by atoms with Gasteiger partial charge in [-0.15, -0.1) is 0 Å². The highest BCUT2D eigenvalue weighted by Crippen LogP contribution is 2.24. The molecule has 184 valence electrons. The van der Waals surface area contributed by atoms with E-state index in [1.165, 1.54) is 38.2 Å². The molecule has 0 aliphatic heterocycles. The van der Waals surface area contributed by atoms with Crippen LogP contribution in [0.3, 0.4) is 0 Å². The molecule has 0 spiro atoms. The maximum Gasteiger partial charge on any atom is 0.407 e. The quantitative estimate of drug-likeness (QED) is 0.323. The van der Waals surface area contributed by atoms with Gasteiger partial charge in [-0.25, -0.2) is 9.18 Å². The third-order valence-corrected chi connectivity index (χ3v) is 4.90. The number of hydrogen-bond donors (Lipinski definition) is 1. The maximum atomic E-state index is 14.4. The van der Waals surface area contributed by atoms with E-state index in [1.807, 2.05) is 20.8 Å². The summed E-state index contributed by atoms with van der Waals surface area (Å²) in [5.41, 5.74) is -0.00691. The van der Waals surface area contributed by atoms with Crippen LogP contribution in [0.5, 0.6) is 5.75 Å². The van der Waals surface area contributed by atoms with Gasteiger partial charge < -0.3 is 19.3 Å². The monoisotopic (exact) mass is 463 g/mol. The van der Waals surface area contributed by atoms with Crippen molar-refractivity contribution in [3.05, 3.63) is 29.9 Å². The summed E-state index contributed by atoms with van der Waals surface area (Å²) in [5.74, 6) is 0.545. The smallest absolute Gasteiger partial charge is 0.407 e. The molecule has 1 N–H and O–H groups in total. The molecule has 33 heavy (non-hydrogen) atoms. The van der Waals surface area contributed by atoms with Crippen molar-refractivity contribution in [1.82, 2.24) is 15.5 Å². The summed E-state index contributed by atoms with van der Waals surface area (Å²) < 4.78 is 30.5. The molecule has 7 nitrogen and oxygen atoms in total. The van der Waals surface area contributed by atoms with Crippen LogP contribution in [0.25, 0.3) is 11.4 Å². The molecule has 0 bridgehead atoms. The van der Waals surface area contributed by atoms with Crippen LogP contribution >= 0.6 is 0 Å². The van der Waals surface area contributed by atoms with Crippen molar-refractivity contribution < 1.29 is 23.2 Å². The predicted octanol–water partition coefficient (Wildman–Crippen LogP) is 6.46. The molecule has 2 aromatic rings. The topological polar surface area (TPSA) is 86.5 Å². The highest BCUT2D eigenvalue weighted by molar-refractivity contribution is 5.67. The minimum Gasteiger partial charge on any atom is -0.491 e. The van der Waals surface area contributed by atoms with Crippen molar-refractivity contribution >= 4 is 6.09 Å². The number of aromatic nitrogens is 2. The number of benzene rings is 1. The summed E-state index contributed by atoms with van der Waals surface area (Å²) in [6, 6.07) is 4.69. The van der Waals surface area contributed by atoms with Gasteiger partial charge in [0.25, 0.3) is 0 Å². The van der Waals surface area contributed by atoms with E-state index in [4.69, 9.17) is 14.0 Å². The average Bonchev–Trinajstić information content (AvgIpc) is 3.22. The number of hydrogen-bond acceptors (Lipinski definition) is 6. The summed E-state index contributed by atoms with van der Waals surface area (Å²) >= 11 is 0. The number of halogens is 1. The van der Waals surface area contributed by atoms with Gasteiger partial charge in [0.05, 0.1) is 6.61 Å². The summed E-state index contributed by atoms with van der Waals surface area (Å²) in [6.45, 7) is 8.57. The van der Waals surface area contributed by atoms with Gasteiger partial charge in [0, 0.05) is 18.5 Å². The van der Waals surface area contributed by atoms with Gasteiger partial charge in [0.2, 0.25) is 11.7 Å². The lowest BCUT2D eigenvalue weighted by molar-refractivity contribution is 0.0527. The fourth-order valence-electron chi connectivity index (χ4n) is 3.22. The number of aryl methyl sites for hydroxylation is 1. The number of rotatable bonds is 14. The number of nitrogens with zero attached hydrogens (tertiary/aromatic N) is 2. The molecule has 1 aromatic carbocycles.